The highest BCUT2D eigenvalue weighted by Gasteiger charge is 2.14. The van der Waals surface area contributed by atoms with E-state index in [1.54, 1.807) is 0 Å². The van der Waals surface area contributed by atoms with Crippen LogP contribution in [0.5, 0.6) is 0 Å². The molecule has 0 aliphatic carbocycles. The Morgan fingerprint density at radius 3 is 2.70 bits per heavy atom. The zero-order valence-electron chi connectivity index (χ0n) is 5.65. The van der Waals surface area contributed by atoms with Crippen LogP contribution in [-0.2, 0) is 4.79 Å². The average Bonchev–Trinajstić information content (AvgIpc) is 2.30. The summed E-state index contributed by atoms with van der Waals surface area (Å²) in [5.74, 6) is 0. The molecule has 1 rings (SSSR count). The largest absolute Gasteiger partial charge is 0.377 e. The van der Waals surface area contributed by atoms with Crippen molar-refractivity contribution in [3.05, 3.63) is 21.8 Å². The van der Waals surface area contributed by atoms with Crippen LogP contribution in [0.1, 0.15) is 6.92 Å². The molecule has 0 bridgehead atoms. The maximum Gasteiger partial charge on any atom is 0.167 e. The molecule has 1 N–H and O–H groups in total. The highest BCUT2D eigenvalue weighted by atomic mass is 79.9. The third-order valence-electron chi connectivity index (χ3n) is 1.45. The van der Waals surface area contributed by atoms with Crippen LogP contribution >= 0.6 is 15.9 Å². The van der Waals surface area contributed by atoms with Crippen molar-refractivity contribution in [2.75, 3.05) is 6.54 Å². The first-order chi connectivity index (χ1) is 4.79. The number of aldehydes is 1. The number of rotatable bonds is 1. The van der Waals surface area contributed by atoms with Gasteiger partial charge in [0.2, 0.25) is 0 Å². The van der Waals surface area contributed by atoms with Gasteiger partial charge in [-0.25, -0.2) is 0 Å². The van der Waals surface area contributed by atoms with E-state index in [1.165, 1.54) is 0 Å². The highest BCUT2D eigenvalue weighted by Crippen LogP contribution is 2.23. The second kappa shape index (κ2) is 3.01. The van der Waals surface area contributed by atoms with Crippen molar-refractivity contribution in [2.45, 2.75) is 6.92 Å². The van der Waals surface area contributed by atoms with Crippen molar-refractivity contribution in [1.82, 2.24) is 5.32 Å². The summed E-state index contributed by atoms with van der Waals surface area (Å²) in [7, 11) is 0. The summed E-state index contributed by atoms with van der Waals surface area (Å²) in [6, 6.07) is 0. The molecule has 0 amide bonds. The van der Waals surface area contributed by atoms with Gasteiger partial charge >= 0.3 is 0 Å². The molecule has 1 aliphatic heterocycles. The van der Waals surface area contributed by atoms with Gasteiger partial charge in [-0.05, 0) is 28.4 Å². The van der Waals surface area contributed by atoms with E-state index in [-0.39, 0.29) is 0 Å². The monoisotopic (exact) mass is 201 g/mol. The van der Waals surface area contributed by atoms with Crippen molar-refractivity contribution in [3.8, 4) is 0 Å². The Kier molecular flexibility index (Phi) is 2.27. The van der Waals surface area contributed by atoms with E-state index in [2.05, 4.69) is 21.2 Å². The number of nitrogens with one attached hydrogen (secondary N) is 1. The first-order valence-corrected chi connectivity index (χ1v) is 3.83. The first kappa shape index (κ1) is 7.54. The number of hydrogen-bond donors (Lipinski definition) is 1. The van der Waals surface area contributed by atoms with Gasteiger partial charge in [-0.2, -0.15) is 0 Å². The third kappa shape index (κ3) is 1.14. The highest BCUT2D eigenvalue weighted by molar-refractivity contribution is 9.12. The fourth-order valence-electron chi connectivity index (χ4n) is 0.841. The standard InChI is InChI=1S/C7H8BrNO/c1-2-5-3-9-6(4-10)7(5)8/h2,4,9H,3H2,1H3/b5-2+. The SMILES string of the molecule is C/C=C1\CNC(C=O)=C1Br. The molecule has 0 aromatic carbocycles. The summed E-state index contributed by atoms with van der Waals surface area (Å²) in [5.41, 5.74) is 1.79. The minimum Gasteiger partial charge on any atom is -0.377 e. The van der Waals surface area contributed by atoms with Gasteiger partial charge in [-0.3, -0.25) is 4.79 Å². The maximum absolute atomic E-state index is 10.3. The van der Waals surface area contributed by atoms with E-state index in [4.69, 9.17) is 0 Å². The molecular formula is C7H8BrNO. The summed E-state index contributed by atoms with van der Waals surface area (Å²) in [6.07, 6.45) is 2.80. The average molecular weight is 202 g/mol. The van der Waals surface area contributed by atoms with Gasteiger partial charge in [0, 0.05) is 11.0 Å². The molecule has 0 fully saturated rings. The first-order valence-electron chi connectivity index (χ1n) is 3.04. The second-order valence-corrected chi connectivity index (χ2v) is 2.81. The van der Waals surface area contributed by atoms with Crippen LogP contribution in [0.3, 0.4) is 0 Å². The van der Waals surface area contributed by atoms with Crippen molar-refractivity contribution >= 4 is 22.2 Å². The lowest BCUT2D eigenvalue weighted by molar-refractivity contribution is -0.105. The summed E-state index contributed by atoms with van der Waals surface area (Å²) >= 11 is 3.31. The number of allylic oxidation sites excluding steroid dienone is 2. The molecule has 0 spiro atoms. The Morgan fingerprint density at radius 2 is 2.40 bits per heavy atom. The zero-order valence-corrected chi connectivity index (χ0v) is 7.23. The molecule has 10 heavy (non-hydrogen) atoms. The van der Waals surface area contributed by atoms with Crippen LogP contribution in [0, 0.1) is 0 Å². The van der Waals surface area contributed by atoms with Gasteiger partial charge in [0.05, 0.1) is 5.70 Å². The number of carbonyl (C=O) groups is 1. The van der Waals surface area contributed by atoms with Gasteiger partial charge in [0.1, 0.15) is 0 Å². The Bertz CT molecular complexity index is 218. The molecule has 54 valence electrons. The molecule has 0 saturated heterocycles. The van der Waals surface area contributed by atoms with E-state index in [0.29, 0.717) is 5.70 Å². The smallest absolute Gasteiger partial charge is 0.167 e. The van der Waals surface area contributed by atoms with Gasteiger partial charge in [0.25, 0.3) is 0 Å². The van der Waals surface area contributed by atoms with Crippen molar-refractivity contribution in [2.24, 2.45) is 0 Å². The Labute approximate surface area is 68.1 Å². The predicted octanol–water partition coefficient (Wildman–Crippen LogP) is 1.34. The van der Waals surface area contributed by atoms with Crippen molar-refractivity contribution in [3.63, 3.8) is 0 Å². The lowest BCUT2D eigenvalue weighted by Crippen LogP contribution is -2.08. The maximum atomic E-state index is 10.3. The molecule has 1 aliphatic rings. The number of carbonyl (C=O) groups excluding carboxylic acids is 1. The quantitative estimate of drug-likeness (QED) is 0.650. The molecular weight excluding hydrogens is 194 g/mol. The summed E-state index contributed by atoms with van der Waals surface area (Å²) in [4.78, 5) is 10.3. The topological polar surface area (TPSA) is 29.1 Å². The minimum atomic E-state index is 0.646. The molecule has 0 aromatic heterocycles. The van der Waals surface area contributed by atoms with Crippen LogP contribution in [0.2, 0.25) is 0 Å². The summed E-state index contributed by atoms with van der Waals surface area (Å²) in [5, 5.41) is 2.95. The molecule has 0 saturated carbocycles. The van der Waals surface area contributed by atoms with Gasteiger partial charge in [-0.15, -0.1) is 0 Å². The van der Waals surface area contributed by atoms with Crippen LogP contribution in [0.15, 0.2) is 21.8 Å². The second-order valence-electron chi connectivity index (χ2n) is 2.01. The van der Waals surface area contributed by atoms with Crippen LogP contribution in [-0.4, -0.2) is 12.8 Å². The molecule has 0 unspecified atom stereocenters. The third-order valence-corrected chi connectivity index (χ3v) is 2.39. The van der Waals surface area contributed by atoms with Crippen molar-refractivity contribution in [1.29, 1.82) is 0 Å². The van der Waals surface area contributed by atoms with E-state index in [0.717, 1.165) is 22.9 Å². The molecule has 2 nitrogen and oxygen atoms in total. The van der Waals surface area contributed by atoms with E-state index >= 15 is 0 Å². The number of halogens is 1. The van der Waals surface area contributed by atoms with Gasteiger partial charge < -0.3 is 5.32 Å². The summed E-state index contributed by atoms with van der Waals surface area (Å²) in [6.45, 7) is 2.71. The minimum absolute atomic E-state index is 0.646. The molecule has 0 aromatic rings. The lowest BCUT2D eigenvalue weighted by atomic mass is 10.3. The van der Waals surface area contributed by atoms with Crippen LogP contribution < -0.4 is 5.32 Å². The van der Waals surface area contributed by atoms with Crippen LogP contribution in [0.25, 0.3) is 0 Å². The van der Waals surface area contributed by atoms with E-state index in [9.17, 15) is 4.79 Å². The summed E-state index contributed by atoms with van der Waals surface area (Å²) < 4.78 is 0.894. The fraction of sp³-hybridized carbons (Fsp3) is 0.286. The normalized spacial score (nSPS) is 21.6. The molecule has 1 heterocycles. The van der Waals surface area contributed by atoms with Crippen molar-refractivity contribution < 1.29 is 4.79 Å². The molecule has 3 heteroatoms. The van der Waals surface area contributed by atoms with E-state index in [1.807, 2.05) is 13.0 Å². The Hall–Kier alpha value is -0.570. The molecule has 0 atom stereocenters. The fourth-order valence-corrected chi connectivity index (χ4v) is 1.44. The molecule has 0 radical (unpaired) electrons. The Balaban J connectivity index is 2.94. The number of hydrogen-bond acceptors (Lipinski definition) is 2. The Morgan fingerprint density at radius 1 is 1.70 bits per heavy atom. The van der Waals surface area contributed by atoms with Crippen LogP contribution in [0.4, 0.5) is 0 Å². The zero-order chi connectivity index (χ0) is 7.56. The lowest BCUT2D eigenvalue weighted by Gasteiger charge is -1.90. The van der Waals surface area contributed by atoms with E-state index < -0.39 is 0 Å². The van der Waals surface area contributed by atoms with Gasteiger partial charge in [-0.1, -0.05) is 6.08 Å². The predicted molar refractivity (Wildman–Crippen MR) is 43.8 cm³/mol. The van der Waals surface area contributed by atoms with Gasteiger partial charge in [0.15, 0.2) is 6.29 Å².